The van der Waals surface area contributed by atoms with E-state index in [0.29, 0.717) is 0 Å². The van der Waals surface area contributed by atoms with Gasteiger partial charge in [-0.1, -0.05) is 0 Å². The smallest absolute Gasteiger partial charge is 1.00 e. The fourth-order valence-electron chi connectivity index (χ4n) is 0.714. The van der Waals surface area contributed by atoms with Crippen molar-refractivity contribution < 1.29 is 76.7 Å². The summed E-state index contributed by atoms with van der Waals surface area (Å²) in [5.41, 5.74) is -2.74. The number of hydrogen-bond acceptors (Lipinski definition) is 4. The van der Waals surface area contributed by atoms with Crippen LogP contribution in [0.25, 0.3) is 0 Å². The van der Waals surface area contributed by atoms with Gasteiger partial charge in [-0.15, -0.1) is 0 Å². The molecule has 7 nitrogen and oxygen atoms in total. The van der Waals surface area contributed by atoms with Crippen molar-refractivity contribution in [1.29, 1.82) is 0 Å². The number of hydrogen-bond donors (Lipinski definition) is 4. The van der Waals surface area contributed by atoms with E-state index in [4.69, 9.17) is 20.4 Å². The van der Waals surface area contributed by atoms with Crippen LogP contribution >= 0.6 is 0 Å². The van der Waals surface area contributed by atoms with Gasteiger partial charge in [0.15, 0.2) is 5.60 Å². The van der Waals surface area contributed by atoms with E-state index in [2.05, 4.69) is 0 Å². The van der Waals surface area contributed by atoms with Crippen LogP contribution in [0.5, 0.6) is 0 Å². The van der Waals surface area contributed by atoms with Gasteiger partial charge in [-0.05, 0) is 0 Å². The van der Waals surface area contributed by atoms with E-state index in [0.717, 1.165) is 0 Å². The maximum atomic E-state index is 10.3. The van der Waals surface area contributed by atoms with Crippen LogP contribution < -0.4 is 24.8 Å². The van der Waals surface area contributed by atoms with E-state index < -0.39 is 36.4 Å². The molecule has 0 aromatic carbocycles. The Morgan fingerprint density at radius 3 is 1.25 bits per heavy atom. The van der Waals surface area contributed by atoms with Crippen molar-refractivity contribution in [2.45, 2.75) is 18.4 Å². The molecule has 0 heterocycles. The van der Waals surface area contributed by atoms with Crippen molar-refractivity contribution in [3.05, 3.63) is 0 Å². The topological polar surface area (TPSA) is 132 Å². The van der Waals surface area contributed by atoms with Crippen molar-refractivity contribution in [2.24, 2.45) is 0 Å². The normalized spacial score (nSPS) is 8.81. The van der Waals surface area contributed by atoms with Gasteiger partial charge in [0, 0.05) is 0 Å². The van der Waals surface area contributed by atoms with Crippen LogP contribution in [0.1, 0.15) is 12.8 Å². The van der Waals surface area contributed by atoms with Crippen LogP contribution in [0.3, 0.4) is 0 Å². The van der Waals surface area contributed by atoms with E-state index in [1.807, 2.05) is 0 Å². The minimum absolute atomic E-state index is 0. The van der Waals surface area contributed by atoms with Crippen LogP contribution in [0.4, 0.5) is 0 Å². The molecule has 0 amide bonds. The minimum Gasteiger partial charge on any atom is -1.00 e. The van der Waals surface area contributed by atoms with Crippen LogP contribution in [0.15, 0.2) is 0 Å². The van der Waals surface area contributed by atoms with Gasteiger partial charge in [-0.2, -0.15) is 0 Å². The van der Waals surface area contributed by atoms with E-state index in [1.54, 1.807) is 0 Å². The molecular formula is C6H8Cl2FeO7. The molecule has 0 saturated carbocycles. The Hall–Kier alpha value is -0.531. The van der Waals surface area contributed by atoms with Gasteiger partial charge < -0.3 is 45.2 Å². The van der Waals surface area contributed by atoms with Gasteiger partial charge in [0.2, 0.25) is 0 Å². The SMILES string of the molecule is O=C(O)CC(O)(CC(=O)O)C(=O)O.[Cl-].[Cl-].[Fe+2]. The minimum atomic E-state index is -2.74. The fourth-order valence-corrected chi connectivity index (χ4v) is 0.714. The molecule has 0 fully saturated rings. The first-order valence-corrected chi connectivity index (χ1v) is 3.17. The van der Waals surface area contributed by atoms with Crippen LogP contribution in [-0.4, -0.2) is 43.9 Å². The molecule has 10 heteroatoms. The van der Waals surface area contributed by atoms with E-state index in [9.17, 15) is 14.4 Å². The van der Waals surface area contributed by atoms with E-state index >= 15 is 0 Å². The zero-order valence-corrected chi connectivity index (χ0v) is 10.2. The summed E-state index contributed by atoms with van der Waals surface area (Å²) >= 11 is 0. The zero-order chi connectivity index (χ0) is 10.6. The average molecular weight is 319 g/mol. The van der Waals surface area contributed by atoms with Gasteiger partial charge in [-0.3, -0.25) is 9.59 Å². The van der Waals surface area contributed by atoms with Crippen molar-refractivity contribution in [3.8, 4) is 0 Å². The molecule has 16 heavy (non-hydrogen) atoms. The molecule has 0 rings (SSSR count). The second kappa shape index (κ2) is 9.68. The Balaban J connectivity index is -0.000000240. The van der Waals surface area contributed by atoms with Crippen molar-refractivity contribution in [3.63, 3.8) is 0 Å². The molecule has 0 aliphatic heterocycles. The molecule has 0 bridgehead atoms. The van der Waals surface area contributed by atoms with Crippen LogP contribution in [0, 0.1) is 0 Å². The number of rotatable bonds is 5. The summed E-state index contributed by atoms with van der Waals surface area (Å²) in [6, 6.07) is 0. The van der Waals surface area contributed by atoms with Crippen LogP contribution in [0.2, 0.25) is 0 Å². The molecule has 0 aliphatic carbocycles. The molecule has 0 radical (unpaired) electrons. The quantitative estimate of drug-likeness (QED) is 0.370. The molecule has 0 aliphatic rings. The number of aliphatic hydroxyl groups is 1. The molecule has 96 valence electrons. The maximum absolute atomic E-state index is 10.3. The molecular weight excluding hydrogens is 311 g/mol. The molecule has 4 N–H and O–H groups in total. The summed E-state index contributed by atoms with van der Waals surface area (Å²) in [6.45, 7) is 0. The van der Waals surface area contributed by atoms with E-state index in [1.165, 1.54) is 0 Å². The number of aliphatic carboxylic acids is 3. The molecule has 0 saturated heterocycles. The fraction of sp³-hybridized carbons (Fsp3) is 0.500. The summed E-state index contributed by atoms with van der Waals surface area (Å²) in [4.78, 5) is 30.5. The third-order valence-corrected chi connectivity index (χ3v) is 1.29. The first-order valence-electron chi connectivity index (χ1n) is 3.17. The van der Waals surface area contributed by atoms with Crippen LogP contribution in [-0.2, 0) is 31.5 Å². The molecule has 0 unspecified atom stereocenters. The molecule has 0 aromatic rings. The second-order valence-electron chi connectivity index (χ2n) is 2.48. The summed E-state index contributed by atoms with van der Waals surface area (Å²) in [5.74, 6) is -5.02. The van der Waals surface area contributed by atoms with Gasteiger partial charge in [0.1, 0.15) is 0 Å². The Bertz CT molecular complexity index is 241. The third kappa shape index (κ3) is 8.75. The molecule has 0 spiro atoms. The van der Waals surface area contributed by atoms with E-state index in [-0.39, 0.29) is 41.9 Å². The number of carboxylic acid groups (broad SMARTS) is 3. The summed E-state index contributed by atoms with van der Waals surface area (Å²) in [5, 5.41) is 33.8. The Morgan fingerprint density at radius 1 is 0.875 bits per heavy atom. The Labute approximate surface area is 113 Å². The van der Waals surface area contributed by atoms with Crippen molar-refractivity contribution in [2.75, 3.05) is 0 Å². The van der Waals surface area contributed by atoms with Gasteiger partial charge in [0.05, 0.1) is 12.8 Å². The van der Waals surface area contributed by atoms with Gasteiger partial charge in [0.25, 0.3) is 0 Å². The predicted molar refractivity (Wildman–Crippen MR) is 37.1 cm³/mol. The van der Waals surface area contributed by atoms with Gasteiger partial charge >= 0.3 is 35.0 Å². The Kier molecular flexibility index (Phi) is 14.9. The molecule has 0 aromatic heterocycles. The number of carbonyl (C=O) groups is 3. The summed E-state index contributed by atoms with van der Waals surface area (Å²) < 4.78 is 0. The zero-order valence-electron chi connectivity index (χ0n) is 7.54. The monoisotopic (exact) mass is 318 g/mol. The summed E-state index contributed by atoms with van der Waals surface area (Å²) in [6.07, 6.45) is -2.29. The molecule has 0 atom stereocenters. The average Bonchev–Trinajstić information content (AvgIpc) is 1.82. The first kappa shape index (κ1) is 24.6. The standard InChI is InChI=1S/C6H8O7.2ClH.Fe/c7-3(8)1-6(13,5(11)12)2-4(9)10;;;/h13H,1-2H2,(H,7,8)(H,9,10)(H,11,12);2*1H;/q;;;+2/p-2. The maximum Gasteiger partial charge on any atom is 2.00 e. The van der Waals surface area contributed by atoms with Crippen molar-refractivity contribution in [1.82, 2.24) is 0 Å². The Morgan fingerprint density at radius 2 is 1.12 bits per heavy atom. The van der Waals surface area contributed by atoms with Gasteiger partial charge in [-0.25, -0.2) is 4.79 Å². The second-order valence-corrected chi connectivity index (χ2v) is 2.48. The number of halogens is 2. The predicted octanol–water partition coefficient (Wildman–Crippen LogP) is -7.24. The summed E-state index contributed by atoms with van der Waals surface area (Å²) in [7, 11) is 0. The third-order valence-electron chi connectivity index (χ3n) is 1.29. The first-order chi connectivity index (χ1) is 5.78. The number of carboxylic acids is 3. The van der Waals surface area contributed by atoms with Crippen molar-refractivity contribution >= 4 is 17.9 Å². The largest absolute Gasteiger partial charge is 2.00 e.